The minimum Gasteiger partial charge on any atom is -0.480 e. The third-order valence-electron chi connectivity index (χ3n) is 4.18. The molecule has 3 aromatic rings. The summed E-state index contributed by atoms with van der Waals surface area (Å²) in [6, 6.07) is 9.40. The molecule has 0 radical (unpaired) electrons. The highest BCUT2D eigenvalue weighted by Gasteiger charge is 2.30. The number of benzene rings is 2. The number of aromatic nitrogens is 1. The summed E-state index contributed by atoms with van der Waals surface area (Å²) in [4.78, 5) is 26.9. The highest BCUT2D eigenvalue weighted by molar-refractivity contribution is 7.92. The first kappa shape index (κ1) is 21.8. The lowest BCUT2D eigenvalue weighted by Crippen LogP contribution is -2.36. The molecule has 11 heteroatoms. The number of anilines is 1. The lowest BCUT2D eigenvalue weighted by Gasteiger charge is -2.25. The Kier molecular flexibility index (Phi) is 5.89. The Bertz CT molecular complexity index is 1280. The van der Waals surface area contributed by atoms with Gasteiger partial charge in [-0.2, -0.15) is 0 Å². The quantitative estimate of drug-likeness (QED) is 0.562. The minimum absolute atomic E-state index is 0.00793. The van der Waals surface area contributed by atoms with Crippen molar-refractivity contribution >= 4 is 61.8 Å². The minimum atomic E-state index is -4.39. The zero-order valence-corrected chi connectivity index (χ0v) is 17.7. The van der Waals surface area contributed by atoms with E-state index in [2.05, 4.69) is 4.98 Å². The molecule has 30 heavy (non-hydrogen) atoms. The van der Waals surface area contributed by atoms with E-state index in [-0.39, 0.29) is 31.5 Å². The molecule has 0 atom stereocenters. The zero-order chi connectivity index (χ0) is 22.2. The number of aliphatic carboxylic acids is 1. The van der Waals surface area contributed by atoms with Gasteiger partial charge in [0.05, 0.1) is 21.1 Å². The molecule has 8 nitrogen and oxygen atoms in total. The van der Waals surface area contributed by atoms with Crippen molar-refractivity contribution in [3.05, 3.63) is 63.8 Å². The predicted octanol–water partition coefficient (Wildman–Crippen LogP) is 3.83. The highest BCUT2D eigenvalue weighted by Crippen LogP contribution is 2.37. The second-order valence-corrected chi connectivity index (χ2v) is 9.04. The van der Waals surface area contributed by atoms with Crippen LogP contribution in [0.4, 0.5) is 5.69 Å². The van der Waals surface area contributed by atoms with Crippen molar-refractivity contribution in [2.75, 3.05) is 10.8 Å². The van der Waals surface area contributed by atoms with Crippen molar-refractivity contribution in [1.29, 1.82) is 0 Å². The number of hydrogen-bond donors (Lipinski definition) is 2. The van der Waals surface area contributed by atoms with E-state index in [0.717, 1.165) is 11.6 Å². The van der Waals surface area contributed by atoms with Gasteiger partial charge in [-0.3, -0.25) is 9.10 Å². The number of aryl methyl sites for hydroxylation is 1. The average Bonchev–Trinajstić information content (AvgIpc) is 2.65. The molecule has 0 saturated heterocycles. The van der Waals surface area contributed by atoms with Gasteiger partial charge in [0.1, 0.15) is 6.54 Å². The number of halogens is 2. The van der Waals surface area contributed by atoms with Crippen LogP contribution in [-0.2, 0) is 14.8 Å². The van der Waals surface area contributed by atoms with Crippen LogP contribution >= 0.6 is 23.2 Å². The van der Waals surface area contributed by atoms with E-state index in [4.69, 9.17) is 23.2 Å². The third kappa shape index (κ3) is 4.18. The van der Waals surface area contributed by atoms with Crippen molar-refractivity contribution in [3.63, 3.8) is 0 Å². The van der Waals surface area contributed by atoms with Gasteiger partial charge in [-0.25, -0.2) is 18.2 Å². The molecule has 0 fully saturated rings. The number of rotatable bonds is 6. The van der Waals surface area contributed by atoms with Crippen LogP contribution in [-0.4, -0.2) is 42.1 Å². The number of pyridine rings is 1. The van der Waals surface area contributed by atoms with Crippen molar-refractivity contribution < 1.29 is 28.2 Å². The van der Waals surface area contributed by atoms with E-state index in [9.17, 15) is 28.2 Å². The Morgan fingerprint density at radius 3 is 2.27 bits per heavy atom. The summed E-state index contributed by atoms with van der Waals surface area (Å²) in [6.45, 7) is 0.803. The molecular weight excluding hydrogens is 455 g/mol. The molecule has 0 amide bonds. The van der Waals surface area contributed by atoms with Crippen molar-refractivity contribution in [2.45, 2.75) is 11.8 Å². The smallest absolute Gasteiger partial charge is 0.354 e. The van der Waals surface area contributed by atoms with E-state index in [1.807, 2.05) is 0 Å². The van der Waals surface area contributed by atoms with E-state index in [1.54, 1.807) is 19.1 Å². The van der Waals surface area contributed by atoms with Gasteiger partial charge in [0.25, 0.3) is 10.0 Å². The van der Waals surface area contributed by atoms with Crippen LogP contribution in [0.15, 0.2) is 47.4 Å². The van der Waals surface area contributed by atoms with Gasteiger partial charge in [-0.1, -0.05) is 40.9 Å². The number of sulfonamides is 1. The van der Waals surface area contributed by atoms with Gasteiger partial charge in [0, 0.05) is 10.4 Å². The lowest BCUT2D eigenvalue weighted by atomic mass is 10.1. The first-order chi connectivity index (χ1) is 14.0. The molecule has 3 rings (SSSR count). The largest absolute Gasteiger partial charge is 0.480 e. The molecule has 0 aliphatic rings. The zero-order valence-electron chi connectivity index (χ0n) is 15.3. The van der Waals surface area contributed by atoms with E-state index in [1.165, 1.54) is 24.3 Å². The maximum Gasteiger partial charge on any atom is 0.354 e. The molecule has 0 aliphatic carbocycles. The molecule has 0 saturated carbocycles. The summed E-state index contributed by atoms with van der Waals surface area (Å²) in [7, 11) is -4.39. The maximum atomic E-state index is 13.3. The number of aromatic carboxylic acids is 1. The van der Waals surface area contributed by atoms with Crippen LogP contribution in [0.1, 0.15) is 16.1 Å². The first-order valence-electron chi connectivity index (χ1n) is 8.35. The molecule has 156 valence electrons. The van der Waals surface area contributed by atoms with Gasteiger partial charge >= 0.3 is 11.9 Å². The van der Waals surface area contributed by atoms with Crippen LogP contribution < -0.4 is 4.31 Å². The molecule has 0 unspecified atom stereocenters. The van der Waals surface area contributed by atoms with Gasteiger partial charge in [0.15, 0.2) is 5.69 Å². The summed E-state index contributed by atoms with van der Waals surface area (Å²) in [5, 5.41) is 19.0. The summed E-state index contributed by atoms with van der Waals surface area (Å²) >= 11 is 12.2. The van der Waals surface area contributed by atoms with E-state index < -0.39 is 34.2 Å². The van der Waals surface area contributed by atoms with Crippen LogP contribution in [0.3, 0.4) is 0 Å². The number of nitrogens with zero attached hydrogens (tertiary/aromatic N) is 2. The fraction of sp³-hybridized carbons (Fsp3) is 0.105. The van der Waals surface area contributed by atoms with Crippen LogP contribution in [0.5, 0.6) is 0 Å². The number of carboxylic acid groups (broad SMARTS) is 2. The normalized spacial score (nSPS) is 11.4. The monoisotopic (exact) mass is 468 g/mol. The molecule has 1 aromatic heterocycles. The predicted molar refractivity (Wildman–Crippen MR) is 112 cm³/mol. The molecule has 0 bridgehead atoms. The van der Waals surface area contributed by atoms with E-state index >= 15 is 0 Å². The van der Waals surface area contributed by atoms with Gasteiger partial charge < -0.3 is 10.2 Å². The molecule has 2 N–H and O–H groups in total. The lowest BCUT2D eigenvalue weighted by molar-refractivity contribution is -0.135. The second kappa shape index (κ2) is 8.10. The van der Waals surface area contributed by atoms with Gasteiger partial charge in [-0.05, 0) is 37.3 Å². The number of fused-ring (bicyclic) bond motifs is 1. The summed E-state index contributed by atoms with van der Waals surface area (Å²) in [5.41, 5.74) is 0.0863. The molecular formula is C19H14Cl2N2O6S. The fourth-order valence-corrected chi connectivity index (χ4v) is 4.83. The number of hydrogen-bond acceptors (Lipinski definition) is 5. The summed E-state index contributed by atoms with van der Waals surface area (Å²) in [6.07, 6.45) is 0. The topological polar surface area (TPSA) is 125 Å². The Morgan fingerprint density at radius 2 is 1.70 bits per heavy atom. The van der Waals surface area contributed by atoms with Crippen LogP contribution in [0.2, 0.25) is 10.0 Å². The van der Waals surface area contributed by atoms with Gasteiger partial charge in [0.2, 0.25) is 0 Å². The Hall–Kier alpha value is -2.88. The fourth-order valence-electron chi connectivity index (χ4n) is 2.83. The number of carbonyl (C=O) groups is 2. The van der Waals surface area contributed by atoms with Crippen LogP contribution in [0, 0.1) is 6.92 Å². The van der Waals surface area contributed by atoms with Gasteiger partial charge in [-0.15, -0.1) is 0 Å². The molecule has 0 aliphatic heterocycles. The SMILES string of the molecule is Cc1ccc(S(=O)(=O)N(CC(=O)O)c2cc(C(=O)O)nc3cc(Cl)cc(Cl)c23)cc1. The summed E-state index contributed by atoms with van der Waals surface area (Å²) < 4.78 is 27.2. The van der Waals surface area contributed by atoms with Crippen molar-refractivity contribution in [3.8, 4) is 0 Å². The summed E-state index contributed by atoms with van der Waals surface area (Å²) in [5.74, 6) is -2.88. The number of carboxylic acids is 2. The standard InChI is InChI=1S/C19H14Cl2N2O6S/c1-10-2-4-12(5-3-10)30(28,29)23(9-17(24)25)16-8-15(19(26)27)22-14-7-11(20)6-13(21)18(14)16/h2-8H,9H2,1H3,(H,24,25)(H,26,27). The van der Waals surface area contributed by atoms with Crippen molar-refractivity contribution in [2.24, 2.45) is 0 Å². The second-order valence-electron chi connectivity index (χ2n) is 6.33. The third-order valence-corrected chi connectivity index (χ3v) is 6.47. The molecule has 1 heterocycles. The maximum absolute atomic E-state index is 13.3. The first-order valence-corrected chi connectivity index (χ1v) is 10.5. The highest BCUT2D eigenvalue weighted by atomic mass is 35.5. The molecule has 2 aromatic carbocycles. The van der Waals surface area contributed by atoms with Crippen molar-refractivity contribution in [1.82, 2.24) is 4.98 Å². The average molecular weight is 469 g/mol. The molecule has 0 spiro atoms. The van der Waals surface area contributed by atoms with Crippen LogP contribution in [0.25, 0.3) is 10.9 Å². The Labute approximate surface area is 181 Å². The van der Waals surface area contributed by atoms with E-state index in [0.29, 0.717) is 4.31 Å². The Balaban J connectivity index is 2.37. The Morgan fingerprint density at radius 1 is 1.07 bits per heavy atom.